The molecule has 0 spiro atoms. The number of H-pyrrole nitrogens is 1. The van der Waals surface area contributed by atoms with Gasteiger partial charge in [-0.05, 0) is 31.2 Å². The largest absolute Gasteiger partial charge is 0.340 e. The number of nitrogens with one attached hydrogen (secondary N) is 1. The van der Waals surface area contributed by atoms with Crippen molar-refractivity contribution in [3.05, 3.63) is 59.9 Å². The first kappa shape index (κ1) is 17.8. The third-order valence-corrected chi connectivity index (χ3v) is 5.86. The Hall–Kier alpha value is -2.98. The highest BCUT2D eigenvalue weighted by molar-refractivity contribution is 7.91. The maximum absolute atomic E-state index is 12.4. The van der Waals surface area contributed by atoms with Gasteiger partial charge in [0.05, 0.1) is 27.8 Å². The van der Waals surface area contributed by atoms with E-state index in [1.807, 2.05) is 25.1 Å². The molecular formula is C19H17N3O3S. The SMILES string of the molecule is Cc1ccc(S(=O)(=O)CCC(=O)[C@@H](C#N)c2nc3ccccc3[nH]2)cc1. The first-order chi connectivity index (χ1) is 12.4. The average molecular weight is 367 g/mol. The molecule has 0 amide bonds. The van der Waals surface area contributed by atoms with E-state index >= 15 is 0 Å². The molecule has 0 saturated carbocycles. The number of sulfone groups is 1. The molecule has 0 bridgehead atoms. The van der Waals surface area contributed by atoms with E-state index in [0.717, 1.165) is 11.1 Å². The third-order valence-electron chi connectivity index (χ3n) is 4.13. The number of carbonyl (C=O) groups is 1. The zero-order chi connectivity index (χ0) is 18.7. The van der Waals surface area contributed by atoms with E-state index in [4.69, 9.17) is 0 Å². The average Bonchev–Trinajstić information content (AvgIpc) is 3.04. The Morgan fingerprint density at radius 2 is 1.88 bits per heavy atom. The molecular weight excluding hydrogens is 350 g/mol. The molecule has 0 fully saturated rings. The van der Waals surface area contributed by atoms with Crippen LogP contribution in [0, 0.1) is 18.3 Å². The number of aromatic nitrogens is 2. The number of ketones is 1. The summed E-state index contributed by atoms with van der Waals surface area (Å²) in [6.07, 6.45) is -0.245. The van der Waals surface area contributed by atoms with Crippen LogP contribution in [0.15, 0.2) is 53.4 Å². The summed E-state index contributed by atoms with van der Waals surface area (Å²) in [6.45, 7) is 1.87. The van der Waals surface area contributed by atoms with E-state index in [9.17, 15) is 18.5 Å². The molecule has 0 aliphatic carbocycles. The summed E-state index contributed by atoms with van der Waals surface area (Å²) >= 11 is 0. The lowest BCUT2D eigenvalue weighted by atomic mass is 10.0. The van der Waals surface area contributed by atoms with Crippen LogP contribution in [0.5, 0.6) is 0 Å². The Morgan fingerprint density at radius 1 is 1.19 bits per heavy atom. The van der Waals surface area contributed by atoms with Crippen LogP contribution in [0.25, 0.3) is 11.0 Å². The predicted octanol–water partition coefficient (Wildman–Crippen LogP) is 2.91. The molecule has 3 aromatic rings. The number of benzene rings is 2. The molecule has 0 unspecified atom stereocenters. The number of nitrogens with zero attached hydrogens (tertiary/aromatic N) is 2. The zero-order valence-corrected chi connectivity index (χ0v) is 15.0. The molecule has 0 aliphatic heterocycles. The minimum absolute atomic E-state index is 0.174. The van der Waals surface area contributed by atoms with Crippen LogP contribution in [0.4, 0.5) is 0 Å². The fraction of sp³-hybridized carbons (Fsp3) is 0.211. The van der Waals surface area contributed by atoms with Gasteiger partial charge < -0.3 is 4.98 Å². The van der Waals surface area contributed by atoms with E-state index in [2.05, 4.69) is 9.97 Å². The Morgan fingerprint density at radius 3 is 2.54 bits per heavy atom. The van der Waals surface area contributed by atoms with Crippen LogP contribution in [0.2, 0.25) is 0 Å². The van der Waals surface area contributed by atoms with Crippen molar-refractivity contribution in [2.24, 2.45) is 0 Å². The maximum atomic E-state index is 12.4. The highest BCUT2D eigenvalue weighted by Crippen LogP contribution is 2.20. The Bertz CT molecular complexity index is 1060. The van der Waals surface area contributed by atoms with Crippen molar-refractivity contribution < 1.29 is 13.2 Å². The first-order valence-corrected chi connectivity index (χ1v) is 9.72. The summed E-state index contributed by atoms with van der Waals surface area (Å²) in [5.74, 6) is -1.68. The van der Waals surface area contributed by atoms with Crippen LogP contribution in [-0.2, 0) is 14.6 Å². The van der Waals surface area contributed by atoms with Crippen LogP contribution in [-0.4, -0.2) is 29.9 Å². The number of aryl methyl sites for hydroxylation is 1. The summed E-state index contributed by atoms with van der Waals surface area (Å²) < 4.78 is 24.8. The molecule has 3 rings (SSSR count). The van der Waals surface area contributed by atoms with Gasteiger partial charge in [0.2, 0.25) is 0 Å². The van der Waals surface area contributed by atoms with Crippen molar-refractivity contribution in [1.82, 2.24) is 9.97 Å². The number of fused-ring (bicyclic) bond motifs is 1. The number of nitriles is 1. The van der Waals surface area contributed by atoms with Crippen molar-refractivity contribution in [2.75, 3.05) is 5.75 Å². The molecule has 0 saturated heterocycles. The zero-order valence-electron chi connectivity index (χ0n) is 14.1. The topological polar surface area (TPSA) is 104 Å². The second-order valence-electron chi connectivity index (χ2n) is 6.05. The van der Waals surface area contributed by atoms with E-state index in [0.29, 0.717) is 5.52 Å². The number of Topliss-reactive ketones (excluding diaryl/α,β-unsaturated/α-hetero) is 1. The lowest BCUT2D eigenvalue weighted by Crippen LogP contribution is -2.17. The normalized spacial score (nSPS) is 12.6. The van der Waals surface area contributed by atoms with Gasteiger partial charge in [0.1, 0.15) is 5.82 Å². The maximum Gasteiger partial charge on any atom is 0.178 e. The fourth-order valence-electron chi connectivity index (χ4n) is 2.64. The number of para-hydroxylation sites is 2. The third kappa shape index (κ3) is 3.65. The molecule has 132 valence electrons. The number of carbonyl (C=O) groups excluding carboxylic acids is 1. The summed E-state index contributed by atoms with van der Waals surface area (Å²) in [5, 5.41) is 9.37. The molecule has 1 N–H and O–H groups in total. The first-order valence-electron chi connectivity index (χ1n) is 8.07. The molecule has 0 radical (unpaired) electrons. The van der Waals surface area contributed by atoms with Gasteiger partial charge in [-0.2, -0.15) is 5.26 Å². The minimum Gasteiger partial charge on any atom is -0.340 e. The highest BCUT2D eigenvalue weighted by Gasteiger charge is 2.26. The smallest absolute Gasteiger partial charge is 0.178 e. The standard InChI is InChI=1S/C19H17N3O3S/c1-13-6-8-14(9-7-13)26(24,25)11-10-18(23)15(12-20)19-21-16-4-2-3-5-17(16)22-19/h2-9,15H,10-11H2,1H3,(H,21,22)/t15-/m1/s1. The van der Waals surface area contributed by atoms with Crippen molar-refractivity contribution in [3.8, 4) is 6.07 Å². The highest BCUT2D eigenvalue weighted by atomic mass is 32.2. The van der Waals surface area contributed by atoms with Gasteiger partial charge in [-0.25, -0.2) is 13.4 Å². The number of hydrogen-bond acceptors (Lipinski definition) is 5. The Balaban J connectivity index is 1.75. The molecule has 7 heteroatoms. The minimum atomic E-state index is -3.58. The van der Waals surface area contributed by atoms with Crippen molar-refractivity contribution in [3.63, 3.8) is 0 Å². The predicted molar refractivity (Wildman–Crippen MR) is 97.3 cm³/mol. The van der Waals surface area contributed by atoms with Crippen LogP contribution < -0.4 is 0 Å². The Kier molecular flexibility index (Phi) is 4.87. The molecule has 1 atom stereocenters. The molecule has 2 aromatic carbocycles. The van der Waals surface area contributed by atoms with Gasteiger partial charge in [-0.15, -0.1) is 0 Å². The van der Waals surface area contributed by atoms with Crippen molar-refractivity contribution >= 4 is 26.7 Å². The molecule has 1 heterocycles. The summed E-state index contributed by atoms with van der Waals surface area (Å²) in [5.41, 5.74) is 2.33. The van der Waals surface area contributed by atoms with Gasteiger partial charge in [0.15, 0.2) is 21.5 Å². The van der Waals surface area contributed by atoms with Gasteiger partial charge in [0.25, 0.3) is 0 Å². The summed E-state index contributed by atoms with van der Waals surface area (Å²) in [6, 6.07) is 15.6. The van der Waals surface area contributed by atoms with Gasteiger partial charge >= 0.3 is 0 Å². The van der Waals surface area contributed by atoms with Gasteiger partial charge in [-0.1, -0.05) is 29.8 Å². The van der Waals surface area contributed by atoms with Crippen LogP contribution in [0.1, 0.15) is 23.7 Å². The lowest BCUT2D eigenvalue weighted by molar-refractivity contribution is -0.119. The molecule has 6 nitrogen and oxygen atoms in total. The molecule has 26 heavy (non-hydrogen) atoms. The second kappa shape index (κ2) is 7.10. The van der Waals surface area contributed by atoms with E-state index in [1.54, 1.807) is 24.3 Å². The Labute approximate surface area is 151 Å². The number of imidazole rings is 1. The van der Waals surface area contributed by atoms with E-state index in [-0.39, 0.29) is 22.9 Å². The monoisotopic (exact) mass is 367 g/mol. The van der Waals surface area contributed by atoms with E-state index in [1.165, 1.54) is 12.1 Å². The van der Waals surface area contributed by atoms with Crippen LogP contribution >= 0.6 is 0 Å². The van der Waals surface area contributed by atoms with Crippen molar-refractivity contribution in [2.45, 2.75) is 24.2 Å². The van der Waals surface area contributed by atoms with E-state index < -0.39 is 21.5 Å². The quantitative estimate of drug-likeness (QED) is 0.721. The van der Waals surface area contributed by atoms with Gasteiger partial charge in [-0.3, -0.25) is 4.79 Å². The molecule has 1 aromatic heterocycles. The number of rotatable bonds is 6. The summed E-state index contributed by atoms with van der Waals surface area (Å²) in [4.78, 5) is 19.8. The lowest BCUT2D eigenvalue weighted by Gasteiger charge is -2.07. The van der Waals surface area contributed by atoms with Crippen LogP contribution in [0.3, 0.4) is 0 Å². The summed E-state index contributed by atoms with van der Waals surface area (Å²) in [7, 11) is -3.58. The fourth-order valence-corrected chi connectivity index (χ4v) is 3.89. The number of hydrogen-bond donors (Lipinski definition) is 1. The second-order valence-corrected chi connectivity index (χ2v) is 8.16. The van der Waals surface area contributed by atoms with Crippen molar-refractivity contribution in [1.29, 1.82) is 5.26 Å². The van der Waals surface area contributed by atoms with Gasteiger partial charge in [0, 0.05) is 6.42 Å². The number of aromatic amines is 1. The molecule has 0 aliphatic rings.